The molecule has 1 aliphatic rings. The maximum Gasteiger partial charge on any atom is 0.322 e. The number of halogens is 1. The Morgan fingerprint density at radius 2 is 2.23 bits per heavy atom. The summed E-state index contributed by atoms with van der Waals surface area (Å²) in [5, 5.41) is 3.34. The molecule has 6 heteroatoms. The largest absolute Gasteiger partial charge is 0.322 e. The number of nitrogens with zero attached hydrogens (tertiary/aromatic N) is 3. The minimum atomic E-state index is -0.125. The van der Waals surface area contributed by atoms with Crippen LogP contribution >= 0.6 is 11.6 Å². The number of likely N-dealkylation sites (tertiary alicyclic amines) is 1. The summed E-state index contributed by atoms with van der Waals surface area (Å²) in [5.41, 5.74) is 2.32. The quantitative estimate of drug-likeness (QED) is 0.857. The zero-order chi connectivity index (χ0) is 15.5. The zero-order valence-electron chi connectivity index (χ0n) is 12.3. The van der Waals surface area contributed by atoms with Crippen LogP contribution in [0.2, 0.25) is 5.15 Å². The van der Waals surface area contributed by atoms with Gasteiger partial charge in [0.25, 0.3) is 0 Å². The number of amides is 2. The van der Waals surface area contributed by atoms with E-state index in [1.165, 1.54) is 0 Å². The van der Waals surface area contributed by atoms with E-state index in [1.54, 1.807) is 18.3 Å². The molecule has 2 amide bonds. The van der Waals surface area contributed by atoms with Gasteiger partial charge in [-0.25, -0.2) is 9.78 Å². The van der Waals surface area contributed by atoms with Crippen LogP contribution in [-0.4, -0.2) is 27.4 Å². The van der Waals surface area contributed by atoms with Gasteiger partial charge in [-0.05, 0) is 44.0 Å². The highest BCUT2D eigenvalue weighted by Gasteiger charge is 2.31. The number of rotatable bonds is 2. The Hall–Kier alpha value is -2.14. The molecule has 22 heavy (non-hydrogen) atoms. The minimum absolute atomic E-state index is 0.0294. The highest BCUT2D eigenvalue weighted by atomic mass is 35.5. The second kappa shape index (κ2) is 6.32. The fourth-order valence-electron chi connectivity index (χ4n) is 2.74. The number of urea groups is 1. The van der Waals surface area contributed by atoms with Gasteiger partial charge in [0.05, 0.1) is 23.1 Å². The van der Waals surface area contributed by atoms with E-state index in [4.69, 9.17) is 11.6 Å². The van der Waals surface area contributed by atoms with Crippen molar-refractivity contribution in [1.82, 2.24) is 14.9 Å². The lowest BCUT2D eigenvalue weighted by Gasteiger charge is -2.24. The van der Waals surface area contributed by atoms with Crippen molar-refractivity contribution in [2.45, 2.75) is 25.8 Å². The van der Waals surface area contributed by atoms with Gasteiger partial charge in [0, 0.05) is 12.7 Å². The van der Waals surface area contributed by atoms with Gasteiger partial charge in [-0.15, -0.1) is 0 Å². The van der Waals surface area contributed by atoms with Crippen LogP contribution in [0, 0.1) is 6.92 Å². The Morgan fingerprint density at radius 1 is 1.36 bits per heavy atom. The molecule has 0 aromatic carbocycles. The van der Waals surface area contributed by atoms with Gasteiger partial charge in [-0.1, -0.05) is 17.7 Å². The summed E-state index contributed by atoms with van der Waals surface area (Å²) < 4.78 is 0. The van der Waals surface area contributed by atoms with E-state index in [2.05, 4.69) is 15.3 Å². The zero-order valence-corrected chi connectivity index (χ0v) is 13.0. The van der Waals surface area contributed by atoms with Crippen LogP contribution < -0.4 is 5.32 Å². The molecule has 0 aliphatic carbocycles. The molecule has 1 fully saturated rings. The first-order chi connectivity index (χ1) is 10.6. The van der Waals surface area contributed by atoms with Crippen molar-refractivity contribution < 1.29 is 4.79 Å². The molecule has 0 spiro atoms. The Bertz CT molecular complexity index is 677. The second-order valence-electron chi connectivity index (χ2n) is 5.30. The fraction of sp³-hybridized carbons (Fsp3) is 0.312. The van der Waals surface area contributed by atoms with Crippen LogP contribution in [0.25, 0.3) is 0 Å². The predicted octanol–water partition coefficient (Wildman–Crippen LogP) is 3.81. The summed E-state index contributed by atoms with van der Waals surface area (Å²) in [6, 6.07) is 9.14. The van der Waals surface area contributed by atoms with Gasteiger partial charge in [0.2, 0.25) is 0 Å². The summed E-state index contributed by atoms with van der Waals surface area (Å²) in [6.45, 7) is 2.55. The first-order valence-electron chi connectivity index (χ1n) is 7.27. The number of anilines is 1. The maximum atomic E-state index is 12.6. The topological polar surface area (TPSA) is 58.1 Å². The lowest BCUT2D eigenvalue weighted by atomic mass is 10.1. The first-order valence-corrected chi connectivity index (χ1v) is 7.64. The number of carbonyl (C=O) groups excluding carboxylic acids is 1. The number of hydrogen-bond donors (Lipinski definition) is 1. The summed E-state index contributed by atoms with van der Waals surface area (Å²) in [4.78, 5) is 22.9. The third-order valence-corrected chi connectivity index (χ3v) is 4.05. The summed E-state index contributed by atoms with van der Waals surface area (Å²) in [6.07, 6.45) is 3.67. The van der Waals surface area contributed by atoms with Crippen LogP contribution in [0.15, 0.2) is 36.5 Å². The molecule has 3 rings (SSSR count). The molecule has 114 valence electrons. The lowest BCUT2D eigenvalue weighted by molar-refractivity contribution is 0.206. The van der Waals surface area contributed by atoms with E-state index in [0.717, 1.165) is 25.1 Å². The normalized spacial score (nSPS) is 17.5. The lowest BCUT2D eigenvalue weighted by Crippen LogP contribution is -2.35. The Balaban J connectivity index is 1.76. The van der Waals surface area contributed by atoms with Gasteiger partial charge in [0.1, 0.15) is 5.15 Å². The van der Waals surface area contributed by atoms with Gasteiger partial charge in [-0.2, -0.15) is 0 Å². The van der Waals surface area contributed by atoms with Crippen LogP contribution in [-0.2, 0) is 0 Å². The summed E-state index contributed by atoms with van der Waals surface area (Å²) in [5.74, 6) is 0. The molecule has 2 aromatic heterocycles. The predicted molar refractivity (Wildman–Crippen MR) is 85.9 cm³/mol. The van der Waals surface area contributed by atoms with Crippen LogP contribution in [0.1, 0.15) is 30.3 Å². The highest BCUT2D eigenvalue weighted by molar-refractivity contribution is 6.29. The van der Waals surface area contributed by atoms with Crippen molar-refractivity contribution in [2.75, 3.05) is 11.9 Å². The van der Waals surface area contributed by atoms with E-state index in [1.807, 2.05) is 30.0 Å². The number of pyridine rings is 2. The van der Waals surface area contributed by atoms with Crippen LogP contribution in [0.4, 0.5) is 10.5 Å². The number of aryl methyl sites for hydroxylation is 1. The van der Waals surface area contributed by atoms with Crippen molar-refractivity contribution in [2.24, 2.45) is 0 Å². The van der Waals surface area contributed by atoms with E-state index in [-0.39, 0.29) is 12.1 Å². The third kappa shape index (κ3) is 3.04. The smallest absolute Gasteiger partial charge is 0.316 e. The van der Waals surface area contributed by atoms with Crippen molar-refractivity contribution in [1.29, 1.82) is 0 Å². The summed E-state index contributed by atoms with van der Waals surface area (Å²) >= 11 is 5.84. The Labute approximate surface area is 134 Å². The molecule has 0 saturated carbocycles. The maximum absolute atomic E-state index is 12.6. The molecule has 0 bridgehead atoms. The minimum Gasteiger partial charge on any atom is -0.316 e. The number of carbonyl (C=O) groups is 1. The molecule has 5 nitrogen and oxygen atoms in total. The van der Waals surface area contributed by atoms with Crippen molar-refractivity contribution in [3.63, 3.8) is 0 Å². The Morgan fingerprint density at radius 3 is 2.95 bits per heavy atom. The van der Waals surface area contributed by atoms with Gasteiger partial charge >= 0.3 is 6.03 Å². The molecular weight excluding hydrogens is 300 g/mol. The van der Waals surface area contributed by atoms with E-state index in [9.17, 15) is 4.79 Å². The van der Waals surface area contributed by atoms with Crippen molar-refractivity contribution in [3.05, 3.63) is 53.1 Å². The molecule has 2 aromatic rings. The molecule has 1 saturated heterocycles. The van der Waals surface area contributed by atoms with E-state index < -0.39 is 0 Å². The van der Waals surface area contributed by atoms with E-state index >= 15 is 0 Å². The SMILES string of the molecule is Cc1nc(Cl)ccc1NC(=O)N1CCC[C@H]1c1ccccn1. The number of hydrogen-bond acceptors (Lipinski definition) is 3. The van der Waals surface area contributed by atoms with Gasteiger partial charge in [-0.3, -0.25) is 4.98 Å². The van der Waals surface area contributed by atoms with Crippen molar-refractivity contribution >= 4 is 23.3 Å². The van der Waals surface area contributed by atoms with Crippen LogP contribution in [0.5, 0.6) is 0 Å². The van der Waals surface area contributed by atoms with Gasteiger partial charge in [0.15, 0.2) is 0 Å². The molecule has 0 radical (unpaired) electrons. The average Bonchev–Trinajstić information content (AvgIpc) is 3.00. The third-order valence-electron chi connectivity index (χ3n) is 3.84. The van der Waals surface area contributed by atoms with E-state index in [0.29, 0.717) is 16.5 Å². The first kappa shape index (κ1) is 14.8. The molecule has 0 unspecified atom stereocenters. The molecule has 1 aliphatic heterocycles. The van der Waals surface area contributed by atoms with Crippen molar-refractivity contribution in [3.8, 4) is 0 Å². The fourth-order valence-corrected chi connectivity index (χ4v) is 2.93. The van der Waals surface area contributed by atoms with Crippen LogP contribution in [0.3, 0.4) is 0 Å². The highest BCUT2D eigenvalue weighted by Crippen LogP contribution is 2.31. The standard InChI is InChI=1S/C16H17ClN4O/c1-11-12(7-8-15(17)19-11)20-16(22)21-10-4-6-14(21)13-5-2-3-9-18-13/h2-3,5,7-9,14H,4,6,10H2,1H3,(H,20,22)/t14-/m0/s1. The molecule has 1 N–H and O–H groups in total. The Kier molecular flexibility index (Phi) is 4.24. The average molecular weight is 317 g/mol. The number of aromatic nitrogens is 2. The summed E-state index contributed by atoms with van der Waals surface area (Å²) in [7, 11) is 0. The molecule has 3 heterocycles. The molecular formula is C16H17ClN4O. The number of nitrogens with one attached hydrogen (secondary N) is 1. The van der Waals surface area contributed by atoms with Gasteiger partial charge < -0.3 is 10.2 Å². The monoisotopic (exact) mass is 316 g/mol. The second-order valence-corrected chi connectivity index (χ2v) is 5.69. The molecule has 1 atom stereocenters.